The first kappa shape index (κ1) is 18.2. The van der Waals surface area contributed by atoms with E-state index in [1.165, 1.54) is 7.11 Å². The van der Waals surface area contributed by atoms with Crippen molar-refractivity contribution in [3.05, 3.63) is 24.0 Å². The minimum Gasteiger partial charge on any atom is -0.547 e. The maximum absolute atomic E-state index is 12.5. The minimum absolute atomic E-state index is 0.0924. The molecule has 0 saturated carbocycles. The summed E-state index contributed by atoms with van der Waals surface area (Å²) in [6.45, 7) is 11.0. The lowest BCUT2D eigenvalue weighted by atomic mass is 9.59. The first-order chi connectivity index (χ1) is 11.5. The van der Waals surface area contributed by atoms with Crippen molar-refractivity contribution in [3.63, 3.8) is 0 Å². The summed E-state index contributed by atoms with van der Waals surface area (Å²) in [4.78, 5) is 25.1. The number of esters is 2. The molecule has 138 valence electrons. The lowest BCUT2D eigenvalue weighted by Crippen LogP contribution is -2.59. The normalized spacial score (nSPS) is 34.1. The van der Waals surface area contributed by atoms with Gasteiger partial charge in [-0.25, -0.2) is 0 Å². The zero-order chi connectivity index (χ0) is 18.6. The molecule has 0 N–H and O–H groups in total. The Morgan fingerprint density at radius 3 is 2.60 bits per heavy atom. The van der Waals surface area contributed by atoms with E-state index in [2.05, 4.69) is 33.9 Å². The number of carbonyl (C=O) groups is 2. The number of fused-ring (bicyclic) bond motifs is 1. The van der Waals surface area contributed by atoms with Crippen LogP contribution < -0.4 is 0 Å². The molecule has 4 rings (SSSR count). The molecule has 1 fully saturated rings. The van der Waals surface area contributed by atoms with Crippen molar-refractivity contribution in [2.24, 2.45) is 17.3 Å². The van der Waals surface area contributed by atoms with Crippen LogP contribution in [0.2, 0.25) is 18.1 Å². The summed E-state index contributed by atoms with van der Waals surface area (Å²) in [5, 5.41) is 0.0924. The zero-order valence-corrected chi connectivity index (χ0v) is 16.9. The highest BCUT2D eigenvalue weighted by Crippen LogP contribution is 2.53. The lowest BCUT2D eigenvalue weighted by molar-refractivity contribution is -0.189. The molecular formula is C19H28O5Si. The minimum atomic E-state index is -1.97. The molecule has 0 amide bonds. The summed E-state index contributed by atoms with van der Waals surface area (Å²) in [7, 11) is -0.652. The molecule has 4 aliphatic rings. The Kier molecular flexibility index (Phi) is 4.18. The number of hydrogen-bond acceptors (Lipinski definition) is 5. The van der Waals surface area contributed by atoms with E-state index in [-0.39, 0.29) is 23.0 Å². The third kappa shape index (κ3) is 2.65. The van der Waals surface area contributed by atoms with Crippen molar-refractivity contribution in [3.8, 4) is 0 Å². The predicted octanol–water partition coefficient (Wildman–Crippen LogP) is 3.57. The average molecular weight is 365 g/mol. The van der Waals surface area contributed by atoms with Crippen LogP contribution in [0.25, 0.3) is 0 Å². The van der Waals surface area contributed by atoms with Crippen LogP contribution in [0.15, 0.2) is 24.0 Å². The van der Waals surface area contributed by atoms with Crippen LogP contribution in [0.3, 0.4) is 0 Å². The summed E-state index contributed by atoms with van der Waals surface area (Å²) in [5.74, 6) is -0.298. The van der Waals surface area contributed by atoms with Crippen molar-refractivity contribution in [1.82, 2.24) is 0 Å². The number of allylic oxidation sites excluding steroid dienone is 2. The van der Waals surface area contributed by atoms with Crippen molar-refractivity contribution < 1.29 is 23.5 Å². The smallest absolute Gasteiger partial charge is 0.328 e. The molecule has 0 aromatic heterocycles. The van der Waals surface area contributed by atoms with Gasteiger partial charge in [0, 0.05) is 18.3 Å². The molecule has 5 nitrogen and oxygen atoms in total. The number of ether oxygens (including phenoxy) is 2. The molecule has 0 spiro atoms. The fourth-order valence-corrected chi connectivity index (χ4v) is 4.94. The first-order valence-corrected chi connectivity index (χ1v) is 11.8. The average Bonchev–Trinajstić information content (AvgIpc) is 2.53. The van der Waals surface area contributed by atoms with Gasteiger partial charge in [0.25, 0.3) is 0 Å². The molecule has 25 heavy (non-hydrogen) atoms. The largest absolute Gasteiger partial charge is 0.547 e. The molecule has 0 aromatic rings. The second-order valence-corrected chi connectivity index (χ2v) is 13.5. The van der Waals surface area contributed by atoms with E-state index in [0.29, 0.717) is 0 Å². The molecule has 0 aromatic carbocycles. The fourth-order valence-electron chi connectivity index (χ4n) is 3.81. The van der Waals surface area contributed by atoms with Gasteiger partial charge in [0.1, 0.15) is 6.10 Å². The molecule has 2 aliphatic carbocycles. The van der Waals surface area contributed by atoms with E-state index in [9.17, 15) is 9.59 Å². The van der Waals surface area contributed by atoms with Gasteiger partial charge >= 0.3 is 11.9 Å². The van der Waals surface area contributed by atoms with Crippen LogP contribution in [-0.4, -0.2) is 33.5 Å². The van der Waals surface area contributed by atoms with Crippen LogP contribution in [0.5, 0.6) is 0 Å². The van der Waals surface area contributed by atoms with E-state index < -0.39 is 25.7 Å². The van der Waals surface area contributed by atoms with Crippen molar-refractivity contribution >= 4 is 20.3 Å². The van der Waals surface area contributed by atoms with E-state index in [0.717, 1.165) is 18.6 Å². The van der Waals surface area contributed by atoms with E-state index in [1.54, 1.807) is 6.08 Å². The van der Waals surface area contributed by atoms with Gasteiger partial charge in [-0.05, 0) is 36.7 Å². The Labute approximate surface area is 150 Å². The van der Waals surface area contributed by atoms with Gasteiger partial charge in [-0.1, -0.05) is 26.8 Å². The highest BCUT2D eigenvalue weighted by molar-refractivity contribution is 6.74. The quantitative estimate of drug-likeness (QED) is 0.331. The molecule has 1 saturated heterocycles. The predicted molar refractivity (Wildman–Crippen MR) is 96.0 cm³/mol. The topological polar surface area (TPSA) is 61.8 Å². The maximum atomic E-state index is 12.5. The summed E-state index contributed by atoms with van der Waals surface area (Å²) in [5.41, 5.74) is -1.36. The number of methoxy groups -OCH3 is 1. The zero-order valence-electron chi connectivity index (χ0n) is 15.9. The molecule has 2 aliphatic heterocycles. The van der Waals surface area contributed by atoms with Crippen LogP contribution in [0.4, 0.5) is 0 Å². The molecule has 2 unspecified atom stereocenters. The van der Waals surface area contributed by atoms with Gasteiger partial charge in [0.05, 0.1) is 12.9 Å². The maximum Gasteiger partial charge on any atom is 0.328 e. The van der Waals surface area contributed by atoms with Gasteiger partial charge in [0.15, 0.2) is 5.41 Å². The Balaban J connectivity index is 1.97. The van der Waals surface area contributed by atoms with Gasteiger partial charge in [-0.15, -0.1) is 0 Å². The Bertz CT molecular complexity index is 657. The highest BCUT2D eigenvalue weighted by Gasteiger charge is 2.63. The fraction of sp³-hybridized carbons (Fsp3) is 0.684. The number of hydrogen-bond donors (Lipinski definition) is 0. The first-order valence-electron chi connectivity index (χ1n) is 8.91. The van der Waals surface area contributed by atoms with Gasteiger partial charge in [-0.2, -0.15) is 0 Å². The number of carbonyl (C=O) groups excluding carboxylic acids is 2. The highest BCUT2D eigenvalue weighted by atomic mass is 28.4. The van der Waals surface area contributed by atoms with E-state index >= 15 is 0 Å². The summed E-state index contributed by atoms with van der Waals surface area (Å²) in [6, 6.07) is 0. The third-order valence-electron chi connectivity index (χ3n) is 6.34. The molecule has 2 bridgehead atoms. The molecule has 6 heteroatoms. The Morgan fingerprint density at radius 1 is 1.36 bits per heavy atom. The second kappa shape index (κ2) is 5.73. The number of rotatable bonds is 3. The summed E-state index contributed by atoms with van der Waals surface area (Å²) >= 11 is 0. The Morgan fingerprint density at radius 2 is 2.04 bits per heavy atom. The molecule has 2 heterocycles. The monoisotopic (exact) mass is 364 g/mol. The SMILES string of the molecule is COC(=O)C12C=CC(OC1=O)[C@H]1CCC(O[Si](C)(C)C(C)(C)C)=C[C@H]12. The van der Waals surface area contributed by atoms with Crippen LogP contribution in [-0.2, 0) is 23.5 Å². The van der Waals surface area contributed by atoms with Gasteiger partial charge in [0.2, 0.25) is 8.32 Å². The van der Waals surface area contributed by atoms with Crippen molar-refractivity contribution in [2.75, 3.05) is 7.11 Å². The van der Waals surface area contributed by atoms with Gasteiger partial charge in [-0.3, -0.25) is 9.59 Å². The lowest BCUT2D eigenvalue weighted by Gasteiger charge is -2.50. The summed E-state index contributed by atoms with van der Waals surface area (Å²) in [6.07, 6.45) is 6.92. The standard InChI is InChI=1S/C19H28O5Si/c1-18(2,3)25(5,6)24-12-7-8-13-14(11-12)19(16(20)22-4)10-9-15(13)23-17(19)21/h9-11,13-15H,7-8H2,1-6H3/t13-,14+,15?,19?/m0/s1. The van der Waals surface area contributed by atoms with E-state index in [1.807, 2.05) is 12.2 Å². The van der Waals surface area contributed by atoms with Crippen LogP contribution >= 0.6 is 0 Å². The second-order valence-electron chi connectivity index (χ2n) is 8.81. The van der Waals surface area contributed by atoms with E-state index in [4.69, 9.17) is 13.9 Å². The Hall–Kier alpha value is -1.56. The van der Waals surface area contributed by atoms with Crippen LogP contribution in [0.1, 0.15) is 33.6 Å². The molecule has 0 radical (unpaired) electrons. The van der Waals surface area contributed by atoms with Crippen molar-refractivity contribution in [1.29, 1.82) is 0 Å². The van der Waals surface area contributed by atoms with Gasteiger partial charge < -0.3 is 13.9 Å². The summed E-state index contributed by atoms with van der Waals surface area (Å²) < 4.78 is 16.9. The molecular weight excluding hydrogens is 336 g/mol. The third-order valence-corrected chi connectivity index (χ3v) is 10.7. The molecule has 4 atom stereocenters. The van der Waals surface area contributed by atoms with Crippen LogP contribution in [0, 0.1) is 17.3 Å². The van der Waals surface area contributed by atoms with Crippen molar-refractivity contribution in [2.45, 2.75) is 57.8 Å².